The molecule has 0 aromatic carbocycles. The number of hydrogen-bond donors (Lipinski definition) is 1. The molecule has 2 nitrogen and oxygen atoms in total. The van der Waals surface area contributed by atoms with Crippen LogP contribution in [0.15, 0.2) is 0 Å². The zero-order valence-electron chi connectivity index (χ0n) is 7.11. The van der Waals surface area contributed by atoms with Crippen molar-refractivity contribution < 1.29 is 4.79 Å². The highest BCUT2D eigenvalue weighted by atomic mass is 16.1. The van der Waals surface area contributed by atoms with Crippen LogP contribution in [0.3, 0.4) is 0 Å². The highest BCUT2D eigenvalue weighted by Gasteiger charge is 2.14. The van der Waals surface area contributed by atoms with Gasteiger partial charge in [-0.1, -0.05) is 20.3 Å². The van der Waals surface area contributed by atoms with Gasteiger partial charge in [0, 0.05) is 12.5 Å². The van der Waals surface area contributed by atoms with Gasteiger partial charge in [0.05, 0.1) is 0 Å². The average Bonchev–Trinajstić information content (AvgIpc) is 2.17. The Balaban J connectivity index is 0.000000236. The molecule has 1 atom stereocenters. The molecule has 0 bridgehead atoms. The molecule has 0 spiro atoms. The van der Waals surface area contributed by atoms with Crippen LogP contribution in [0.2, 0.25) is 0 Å². The van der Waals surface area contributed by atoms with Gasteiger partial charge in [0.15, 0.2) is 0 Å². The lowest BCUT2D eigenvalue weighted by atomic mass is 10.3. The van der Waals surface area contributed by atoms with E-state index in [0.717, 1.165) is 12.8 Å². The number of nitrogens with one attached hydrogen (secondary N) is 1. The zero-order valence-corrected chi connectivity index (χ0v) is 7.11. The number of carbonyl (C=O) groups excluding carboxylic acids is 1. The number of rotatable bonds is 0. The maximum Gasteiger partial charge on any atom is 0.220 e. The molecule has 1 aliphatic heterocycles. The summed E-state index contributed by atoms with van der Waals surface area (Å²) in [7, 11) is 0. The summed E-state index contributed by atoms with van der Waals surface area (Å²) in [6.45, 7) is 6.27. The van der Waals surface area contributed by atoms with Crippen LogP contribution in [0.4, 0.5) is 0 Å². The maximum atomic E-state index is 10.3. The molecule has 1 amide bonds. The Morgan fingerprint density at radius 3 is 2.20 bits per heavy atom. The van der Waals surface area contributed by atoms with Crippen LogP contribution >= 0.6 is 0 Å². The van der Waals surface area contributed by atoms with Crippen LogP contribution < -0.4 is 5.32 Å². The van der Waals surface area contributed by atoms with Crippen molar-refractivity contribution in [2.45, 2.75) is 46.1 Å². The predicted octanol–water partition coefficient (Wildman–Crippen LogP) is 1.70. The molecule has 1 aliphatic rings. The van der Waals surface area contributed by atoms with Gasteiger partial charge in [0.25, 0.3) is 0 Å². The van der Waals surface area contributed by atoms with E-state index >= 15 is 0 Å². The monoisotopic (exact) mass is 143 g/mol. The smallest absolute Gasteiger partial charge is 0.220 e. The molecule has 0 aliphatic carbocycles. The highest BCUT2D eigenvalue weighted by Crippen LogP contribution is 2.03. The van der Waals surface area contributed by atoms with Crippen molar-refractivity contribution in [3.63, 3.8) is 0 Å². The van der Waals surface area contributed by atoms with E-state index in [1.165, 1.54) is 6.42 Å². The van der Waals surface area contributed by atoms with Gasteiger partial charge >= 0.3 is 0 Å². The summed E-state index contributed by atoms with van der Waals surface area (Å²) in [5.74, 6) is 0.201. The largest absolute Gasteiger partial charge is 0.354 e. The van der Waals surface area contributed by atoms with Crippen molar-refractivity contribution in [1.82, 2.24) is 5.32 Å². The number of carbonyl (C=O) groups is 1. The van der Waals surface area contributed by atoms with Crippen LogP contribution in [-0.2, 0) is 4.79 Å². The first kappa shape index (κ1) is 9.47. The topological polar surface area (TPSA) is 29.1 Å². The standard InChI is InChI=1S/C5H9NO.C3H8/c1-4-2-3-5(7)6-4;1-3-2/h4H,2-3H2,1H3,(H,6,7);3H2,1-2H3. The average molecular weight is 143 g/mol. The summed E-state index contributed by atoms with van der Waals surface area (Å²) in [5.41, 5.74) is 0. The lowest BCUT2D eigenvalue weighted by Gasteiger charge is -1.95. The first-order chi connectivity index (χ1) is 4.70. The molecule has 1 rings (SSSR count). The predicted molar refractivity (Wildman–Crippen MR) is 42.8 cm³/mol. The van der Waals surface area contributed by atoms with Crippen molar-refractivity contribution in [3.8, 4) is 0 Å². The second-order valence-electron chi connectivity index (χ2n) is 2.71. The van der Waals surface area contributed by atoms with Gasteiger partial charge in [-0.25, -0.2) is 0 Å². The van der Waals surface area contributed by atoms with Gasteiger partial charge in [-0.05, 0) is 13.3 Å². The summed E-state index contributed by atoms with van der Waals surface area (Å²) in [6.07, 6.45) is 2.99. The van der Waals surface area contributed by atoms with Crippen LogP contribution in [0.5, 0.6) is 0 Å². The quantitative estimate of drug-likeness (QED) is 0.549. The van der Waals surface area contributed by atoms with Crippen molar-refractivity contribution in [2.24, 2.45) is 0 Å². The summed E-state index contributed by atoms with van der Waals surface area (Å²) < 4.78 is 0. The Morgan fingerprint density at radius 1 is 1.60 bits per heavy atom. The van der Waals surface area contributed by atoms with Gasteiger partial charge in [0.1, 0.15) is 0 Å². The summed E-state index contributed by atoms with van der Waals surface area (Å²) >= 11 is 0. The molecule has 1 heterocycles. The molecule has 2 heteroatoms. The van der Waals surface area contributed by atoms with Gasteiger partial charge in [0.2, 0.25) is 5.91 Å². The maximum absolute atomic E-state index is 10.3. The van der Waals surface area contributed by atoms with Crippen LogP contribution in [-0.4, -0.2) is 11.9 Å². The molecular weight excluding hydrogens is 126 g/mol. The second-order valence-corrected chi connectivity index (χ2v) is 2.71. The summed E-state index contributed by atoms with van der Waals surface area (Å²) in [5, 5.41) is 2.78. The Kier molecular flexibility index (Phi) is 4.99. The Hall–Kier alpha value is -0.530. The minimum Gasteiger partial charge on any atom is -0.354 e. The van der Waals surface area contributed by atoms with Crippen molar-refractivity contribution in [1.29, 1.82) is 0 Å². The van der Waals surface area contributed by atoms with Crippen LogP contribution in [0.1, 0.15) is 40.0 Å². The van der Waals surface area contributed by atoms with Crippen molar-refractivity contribution >= 4 is 5.91 Å². The van der Waals surface area contributed by atoms with E-state index in [2.05, 4.69) is 19.2 Å². The fourth-order valence-corrected chi connectivity index (χ4v) is 0.767. The van der Waals surface area contributed by atoms with E-state index < -0.39 is 0 Å². The molecule has 0 aromatic rings. The third-order valence-corrected chi connectivity index (χ3v) is 1.21. The van der Waals surface area contributed by atoms with E-state index in [9.17, 15) is 4.79 Å². The molecule has 0 aromatic heterocycles. The van der Waals surface area contributed by atoms with E-state index in [0.29, 0.717) is 6.04 Å². The van der Waals surface area contributed by atoms with E-state index in [1.54, 1.807) is 0 Å². The van der Waals surface area contributed by atoms with E-state index in [-0.39, 0.29) is 5.91 Å². The number of amides is 1. The summed E-state index contributed by atoms with van der Waals surface area (Å²) in [4.78, 5) is 10.3. The summed E-state index contributed by atoms with van der Waals surface area (Å²) in [6, 6.07) is 0.424. The zero-order chi connectivity index (χ0) is 7.98. The molecule has 60 valence electrons. The van der Waals surface area contributed by atoms with Gasteiger partial charge < -0.3 is 5.32 Å². The van der Waals surface area contributed by atoms with Gasteiger partial charge in [-0.2, -0.15) is 0 Å². The fraction of sp³-hybridized carbons (Fsp3) is 0.875. The second kappa shape index (κ2) is 5.27. The molecule has 1 fully saturated rings. The van der Waals surface area contributed by atoms with E-state index in [1.807, 2.05) is 6.92 Å². The first-order valence-corrected chi connectivity index (χ1v) is 4.00. The lowest BCUT2D eigenvalue weighted by molar-refractivity contribution is -0.119. The molecule has 1 saturated heterocycles. The van der Waals surface area contributed by atoms with Crippen molar-refractivity contribution in [3.05, 3.63) is 0 Å². The third-order valence-electron chi connectivity index (χ3n) is 1.21. The fourth-order valence-electron chi connectivity index (χ4n) is 0.767. The molecule has 1 unspecified atom stereocenters. The Bertz CT molecular complexity index is 101. The highest BCUT2D eigenvalue weighted by molar-refractivity contribution is 5.78. The normalized spacial score (nSPS) is 23.1. The van der Waals surface area contributed by atoms with E-state index in [4.69, 9.17) is 0 Å². The Morgan fingerprint density at radius 2 is 2.10 bits per heavy atom. The SMILES string of the molecule is CC1CCC(=O)N1.CCC. The van der Waals surface area contributed by atoms with Crippen LogP contribution in [0.25, 0.3) is 0 Å². The minimum absolute atomic E-state index is 0.201. The molecule has 0 saturated carbocycles. The molecule has 0 radical (unpaired) electrons. The lowest BCUT2D eigenvalue weighted by Crippen LogP contribution is -2.21. The van der Waals surface area contributed by atoms with Gasteiger partial charge in [-0.3, -0.25) is 4.79 Å². The Labute approximate surface area is 63.0 Å². The van der Waals surface area contributed by atoms with Gasteiger partial charge in [-0.15, -0.1) is 0 Å². The third kappa shape index (κ3) is 4.36. The number of hydrogen-bond acceptors (Lipinski definition) is 1. The van der Waals surface area contributed by atoms with Crippen molar-refractivity contribution in [2.75, 3.05) is 0 Å². The first-order valence-electron chi connectivity index (χ1n) is 4.00. The minimum atomic E-state index is 0.201. The molecule has 10 heavy (non-hydrogen) atoms. The molecule has 1 N–H and O–H groups in total. The molecular formula is C8H17NO. The van der Waals surface area contributed by atoms with Crippen LogP contribution in [0, 0.1) is 0 Å².